The molecule has 1 aliphatic rings. The Morgan fingerprint density at radius 1 is 1.41 bits per heavy atom. The van der Waals surface area contributed by atoms with Gasteiger partial charge in [0.15, 0.2) is 0 Å². The maximum atomic E-state index is 11.8. The van der Waals surface area contributed by atoms with Crippen LogP contribution >= 0.6 is 0 Å². The fraction of sp³-hybridized carbons (Fsp3) is 0.533. The predicted molar refractivity (Wildman–Crippen MR) is 79.3 cm³/mol. The summed E-state index contributed by atoms with van der Waals surface area (Å²) < 4.78 is 9.92. The van der Waals surface area contributed by atoms with Gasteiger partial charge in [-0.1, -0.05) is 0 Å². The smallest absolute Gasteiger partial charge is 0.337 e. The topological polar surface area (TPSA) is 80.8 Å². The Hall–Kier alpha value is -1.99. The Morgan fingerprint density at radius 3 is 2.91 bits per heavy atom. The molecule has 0 radical (unpaired) electrons. The van der Waals surface area contributed by atoms with Crippen LogP contribution in [0.1, 0.15) is 22.5 Å². The van der Waals surface area contributed by atoms with Crippen LogP contribution in [-0.4, -0.2) is 61.7 Å². The number of rotatable bonds is 6. The first-order valence-electron chi connectivity index (χ1n) is 7.29. The number of hydrogen-bond donors (Lipinski definition) is 1. The van der Waals surface area contributed by atoms with Crippen molar-refractivity contribution in [1.82, 2.24) is 15.2 Å². The number of esters is 1. The summed E-state index contributed by atoms with van der Waals surface area (Å²) in [6.07, 6.45) is 1.97. The minimum absolute atomic E-state index is 0.0308. The molecular weight excluding hydrogens is 286 g/mol. The molecule has 2 heterocycles. The average molecular weight is 307 g/mol. The molecule has 1 fully saturated rings. The predicted octanol–water partition coefficient (Wildman–Crippen LogP) is 0.207. The standard InChI is InChI=1S/C15H21N3O4/c1-21-15(20)12-2-4-16-13(10-12)11-17-14(19)3-5-18-6-8-22-9-7-18/h2,4,10H,3,5-9,11H2,1H3,(H,17,19). The molecule has 0 saturated carbocycles. The zero-order valence-corrected chi connectivity index (χ0v) is 12.7. The lowest BCUT2D eigenvalue weighted by Crippen LogP contribution is -2.38. The van der Waals surface area contributed by atoms with E-state index in [0.717, 1.165) is 32.8 Å². The van der Waals surface area contributed by atoms with Gasteiger partial charge in [-0.2, -0.15) is 0 Å². The Labute approximate surface area is 129 Å². The molecule has 0 spiro atoms. The molecule has 120 valence electrons. The molecule has 7 nitrogen and oxygen atoms in total. The second-order valence-corrected chi connectivity index (χ2v) is 5.01. The second-order valence-electron chi connectivity index (χ2n) is 5.01. The van der Waals surface area contributed by atoms with Crippen molar-refractivity contribution in [3.05, 3.63) is 29.6 Å². The van der Waals surface area contributed by atoms with Gasteiger partial charge in [-0.3, -0.25) is 14.7 Å². The third-order valence-electron chi connectivity index (χ3n) is 3.46. The Kier molecular flexibility index (Phi) is 6.29. The SMILES string of the molecule is COC(=O)c1ccnc(CNC(=O)CCN2CCOCC2)c1. The first-order valence-corrected chi connectivity index (χ1v) is 7.29. The van der Waals surface area contributed by atoms with Crippen LogP contribution in [0.25, 0.3) is 0 Å². The van der Waals surface area contributed by atoms with Crippen molar-refractivity contribution in [2.24, 2.45) is 0 Å². The first kappa shape index (κ1) is 16.4. The summed E-state index contributed by atoms with van der Waals surface area (Å²) in [7, 11) is 1.33. The summed E-state index contributed by atoms with van der Waals surface area (Å²) in [5, 5.41) is 2.81. The number of carbonyl (C=O) groups excluding carboxylic acids is 2. The van der Waals surface area contributed by atoms with E-state index in [4.69, 9.17) is 4.74 Å². The maximum absolute atomic E-state index is 11.8. The molecule has 2 rings (SSSR count). The third kappa shape index (κ3) is 5.09. The number of pyridine rings is 1. The third-order valence-corrected chi connectivity index (χ3v) is 3.46. The van der Waals surface area contributed by atoms with Crippen LogP contribution in [0.2, 0.25) is 0 Å². The van der Waals surface area contributed by atoms with E-state index >= 15 is 0 Å². The lowest BCUT2D eigenvalue weighted by Gasteiger charge is -2.26. The maximum Gasteiger partial charge on any atom is 0.337 e. The van der Waals surface area contributed by atoms with E-state index in [1.54, 1.807) is 12.1 Å². The van der Waals surface area contributed by atoms with E-state index in [9.17, 15) is 9.59 Å². The van der Waals surface area contributed by atoms with Crippen LogP contribution < -0.4 is 5.32 Å². The molecule has 0 aromatic carbocycles. The van der Waals surface area contributed by atoms with Crippen LogP contribution in [0.3, 0.4) is 0 Å². The lowest BCUT2D eigenvalue weighted by molar-refractivity contribution is -0.121. The van der Waals surface area contributed by atoms with Crippen molar-refractivity contribution < 1.29 is 19.1 Å². The minimum Gasteiger partial charge on any atom is -0.465 e. The van der Waals surface area contributed by atoms with E-state index in [1.807, 2.05) is 0 Å². The van der Waals surface area contributed by atoms with E-state index in [-0.39, 0.29) is 5.91 Å². The monoisotopic (exact) mass is 307 g/mol. The normalized spacial score (nSPS) is 15.3. The van der Waals surface area contributed by atoms with Gasteiger partial charge in [0.25, 0.3) is 0 Å². The molecule has 22 heavy (non-hydrogen) atoms. The van der Waals surface area contributed by atoms with Crippen LogP contribution in [0.5, 0.6) is 0 Å². The first-order chi connectivity index (χ1) is 10.7. The van der Waals surface area contributed by atoms with Gasteiger partial charge in [0, 0.05) is 32.3 Å². The van der Waals surface area contributed by atoms with Crippen LogP contribution in [0.4, 0.5) is 0 Å². The average Bonchev–Trinajstić information content (AvgIpc) is 2.58. The van der Waals surface area contributed by atoms with Crippen LogP contribution in [0.15, 0.2) is 18.3 Å². The number of carbonyl (C=O) groups is 2. The molecule has 1 aliphatic heterocycles. The number of nitrogens with one attached hydrogen (secondary N) is 1. The zero-order chi connectivity index (χ0) is 15.8. The highest BCUT2D eigenvalue weighted by Gasteiger charge is 2.12. The quantitative estimate of drug-likeness (QED) is 0.757. The van der Waals surface area contributed by atoms with Crippen molar-refractivity contribution >= 4 is 11.9 Å². The number of aromatic nitrogens is 1. The van der Waals surface area contributed by atoms with E-state index in [0.29, 0.717) is 24.2 Å². The van der Waals surface area contributed by atoms with Gasteiger partial charge < -0.3 is 14.8 Å². The van der Waals surface area contributed by atoms with E-state index in [2.05, 4.69) is 19.9 Å². The fourth-order valence-corrected chi connectivity index (χ4v) is 2.18. The number of nitrogens with zero attached hydrogens (tertiary/aromatic N) is 2. The fourth-order valence-electron chi connectivity index (χ4n) is 2.18. The second kappa shape index (κ2) is 8.45. The highest BCUT2D eigenvalue weighted by Crippen LogP contribution is 2.04. The summed E-state index contributed by atoms with van der Waals surface area (Å²) in [4.78, 5) is 29.6. The molecule has 0 aliphatic carbocycles. The molecule has 0 bridgehead atoms. The largest absolute Gasteiger partial charge is 0.465 e. The minimum atomic E-state index is -0.415. The van der Waals surface area contributed by atoms with Gasteiger partial charge in [-0.25, -0.2) is 4.79 Å². The van der Waals surface area contributed by atoms with Gasteiger partial charge in [0.05, 0.1) is 38.1 Å². The van der Waals surface area contributed by atoms with Crippen molar-refractivity contribution in [2.45, 2.75) is 13.0 Å². The molecule has 7 heteroatoms. The molecule has 0 unspecified atom stereocenters. The Balaban J connectivity index is 1.74. The van der Waals surface area contributed by atoms with Crippen molar-refractivity contribution in [2.75, 3.05) is 40.0 Å². The Bertz CT molecular complexity index is 515. The highest BCUT2D eigenvalue weighted by molar-refractivity contribution is 5.89. The number of amides is 1. The van der Waals surface area contributed by atoms with Crippen LogP contribution in [0, 0.1) is 0 Å². The molecule has 1 saturated heterocycles. The number of morpholine rings is 1. The van der Waals surface area contributed by atoms with Gasteiger partial charge in [-0.05, 0) is 12.1 Å². The molecule has 0 atom stereocenters. The van der Waals surface area contributed by atoms with Gasteiger partial charge in [0.1, 0.15) is 0 Å². The molecule has 1 aromatic rings. The van der Waals surface area contributed by atoms with Crippen molar-refractivity contribution in [1.29, 1.82) is 0 Å². The summed E-state index contributed by atoms with van der Waals surface area (Å²) >= 11 is 0. The van der Waals surface area contributed by atoms with Gasteiger partial charge in [0.2, 0.25) is 5.91 Å². The summed E-state index contributed by atoms with van der Waals surface area (Å²) in [6.45, 7) is 4.22. The molecule has 1 N–H and O–H groups in total. The van der Waals surface area contributed by atoms with Crippen molar-refractivity contribution in [3.63, 3.8) is 0 Å². The Morgan fingerprint density at radius 2 is 2.18 bits per heavy atom. The lowest BCUT2D eigenvalue weighted by atomic mass is 10.2. The molecule has 1 amide bonds. The summed E-state index contributed by atoms with van der Waals surface area (Å²) in [6, 6.07) is 3.20. The number of hydrogen-bond acceptors (Lipinski definition) is 6. The number of ether oxygens (including phenoxy) is 2. The zero-order valence-electron chi connectivity index (χ0n) is 12.7. The van der Waals surface area contributed by atoms with E-state index < -0.39 is 5.97 Å². The number of methoxy groups -OCH3 is 1. The summed E-state index contributed by atoms with van der Waals surface area (Å²) in [5.74, 6) is -0.445. The van der Waals surface area contributed by atoms with E-state index in [1.165, 1.54) is 13.3 Å². The highest BCUT2D eigenvalue weighted by atomic mass is 16.5. The van der Waals surface area contributed by atoms with Gasteiger partial charge in [-0.15, -0.1) is 0 Å². The van der Waals surface area contributed by atoms with Gasteiger partial charge >= 0.3 is 5.97 Å². The molecular formula is C15H21N3O4. The van der Waals surface area contributed by atoms with Crippen molar-refractivity contribution in [3.8, 4) is 0 Å². The summed E-state index contributed by atoms with van der Waals surface area (Å²) in [5.41, 5.74) is 1.05. The van der Waals surface area contributed by atoms with Crippen LogP contribution in [-0.2, 0) is 20.8 Å². The molecule has 1 aromatic heterocycles.